The number of aromatic nitrogens is 2. The Bertz CT molecular complexity index is 429. The average Bonchev–Trinajstić information content (AvgIpc) is 2.42. The van der Waals surface area contributed by atoms with Gasteiger partial charge in [0.15, 0.2) is 0 Å². The molecule has 0 spiro atoms. The molecular formula is C14H15N2P. The highest BCUT2D eigenvalue weighted by molar-refractivity contribution is 7.75. The van der Waals surface area contributed by atoms with Crippen molar-refractivity contribution in [2.75, 3.05) is 0 Å². The number of allylic oxidation sites excluding steroid dienone is 1. The van der Waals surface area contributed by atoms with E-state index in [1.165, 1.54) is 0 Å². The summed E-state index contributed by atoms with van der Waals surface area (Å²) in [7, 11) is -0.560. The molecule has 0 fully saturated rings. The molecule has 0 aliphatic carbocycles. The molecule has 86 valence electrons. The van der Waals surface area contributed by atoms with Crippen molar-refractivity contribution in [3.63, 3.8) is 0 Å². The van der Waals surface area contributed by atoms with Gasteiger partial charge in [-0.05, 0) is 30.7 Å². The summed E-state index contributed by atoms with van der Waals surface area (Å²) < 4.78 is 0. The van der Waals surface area contributed by atoms with Gasteiger partial charge in [0, 0.05) is 20.3 Å². The highest BCUT2D eigenvalue weighted by atomic mass is 31.1. The molecular weight excluding hydrogens is 227 g/mol. The fraction of sp³-hybridized carbons (Fsp3) is 0.143. The van der Waals surface area contributed by atoms with E-state index in [4.69, 9.17) is 0 Å². The molecule has 0 radical (unpaired) electrons. The zero-order valence-corrected chi connectivity index (χ0v) is 10.7. The average molecular weight is 242 g/mol. The molecule has 0 atom stereocenters. The van der Waals surface area contributed by atoms with Crippen LogP contribution in [0.5, 0.6) is 0 Å². The molecule has 2 aromatic rings. The van der Waals surface area contributed by atoms with E-state index in [1.54, 1.807) is 0 Å². The first-order valence-corrected chi connectivity index (χ1v) is 7.11. The van der Waals surface area contributed by atoms with Crippen LogP contribution in [0.15, 0.2) is 60.7 Å². The summed E-state index contributed by atoms with van der Waals surface area (Å²) in [5.74, 6) is 2.24. The molecule has 0 aliphatic heterocycles. The zero-order valence-electron chi connectivity index (χ0n) is 9.82. The number of nitrogens with zero attached hydrogens (tertiary/aromatic N) is 2. The maximum atomic E-state index is 4.45. The SMILES string of the molecule is CC/C=C/P(c1ccccn1)c1ccccn1. The molecule has 2 aromatic heterocycles. The number of hydrogen-bond acceptors (Lipinski definition) is 2. The van der Waals surface area contributed by atoms with Crippen LogP contribution in [0.2, 0.25) is 0 Å². The molecule has 2 nitrogen and oxygen atoms in total. The van der Waals surface area contributed by atoms with E-state index >= 15 is 0 Å². The van der Waals surface area contributed by atoms with Crippen molar-refractivity contribution >= 4 is 18.8 Å². The van der Waals surface area contributed by atoms with E-state index in [0.29, 0.717) is 0 Å². The lowest BCUT2D eigenvalue weighted by Crippen LogP contribution is -2.15. The second-order valence-corrected chi connectivity index (χ2v) is 5.49. The third kappa shape index (κ3) is 3.21. The molecule has 2 heterocycles. The van der Waals surface area contributed by atoms with Gasteiger partial charge in [0.25, 0.3) is 0 Å². The Hall–Kier alpha value is -1.53. The highest BCUT2D eigenvalue weighted by Gasteiger charge is 2.11. The minimum absolute atomic E-state index is 0.560. The topological polar surface area (TPSA) is 25.8 Å². The predicted octanol–water partition coefficient (Wildman–Crippen LogP) is 2.83. The summed E-state index contributed by atoms with van der Waals surface area (Å²) in [5.41, 5.74) is 2.21. The maximum absolute atomic E-state index is 4.45. The van der Waals surface area contributed by atoms with E-state index in [1.807, 2.05) is 36.7 Å². The monoisotopic (exact) mass is 242 g/mol. The standard InChI is InChI=1S/C14H15N2P/c1-2-3-12-17(13-8-4-6-10-15-13)14-9-5-7-11-16-14/h3-12H,2H2,1H3/b12-3+. The third-order valence-corrected chi connectivity index (χ3v) is 4.31. The van der Waals surface area contributed by atoms with Crippen molar-refractivity contribution in [2.45, 2.75) is 13.3 Å². The van der Waals surface area contributed by atoms with E-state index in [0.717, 1.165) is 17.3 Å². The molecule has 0 aliphatic rings. The molecule has 0 N–H and O–H groups in total. The van der Waals surface area contributed by atoms with Crippen LogP contribution < -0.4 is 10.9 Å². The first-order chi connectivity index (χ1) is 8.42. The minimum Gasteiger partial charge on any atom is -0.256 e. The van der Waals surface area contributed by atoms with Crippen LogP contribution in [-0.4, -0.2) is 9.97 Å². The molecule has 0 bridgehead atoms. The molecule has 17 heavy (non-hydrogen) atoms. The zero-order chi connectivity index (χ0) is 11.9. The third-order valence-electron chi connectivity index (χ3n) is 2.28. The second kappa shape index (κ2) is 6.27. The Labute approximate surface area is 103 Å². The lowest BCUT2D eigenvalue weighted by molar-refractivity contribution is 1.23. The fourth-order valence-corrected chi connectivity index (χ4v) is 3.31. The largest absolute Gasteiger partial charge is 0.256 e. The number of rotatable bonds is 4. The summed E-state index contributed by atoms with van der Waals surface area (Å²) in [6, 6.07) is 12.1. The summed E-state index contributed by atoms with van der Waals surface area (Å²) in [5, 5.41) is 0. The van der Waals surface area contributed by atoms with Crippen molar-refractivity contribution in [2.24, 2.45) is 0 Å². The van der Waals surface area contributed by atoms with Crippen molar-refractivity contribution in [3.05, 3.63) is 60.7 Å². The van der Waals surface area contributed by atoms with Gasteiger partial charge in [-0.15, -0.1) is 0 Å². The lowest BCUT2D eigenvalue weighted by atomic mass is 10.5. The smallest absolute Gasteiger partial charge is 0.0731 e. The normalized spacial score (nSPS) is 11.2. The van der Waals surface area contributed by atoms with Crippen LogP contribution >= 0.6 is 7.92 Å². The van der Waals surface area contributed by atoms with Crippen molar-refractivity contribution in [3.8, 4) is 0 Å². The first-order valence-electron chi connectivity index (χ1n) is 5.70. The van der Waals surface area contributed by atoms with Crippen molar-refractivity contribution in [1.29, 1.82) is 0 Å². The molecule has 0 saturated carbocycles. The number of pyridine rings is 2. The maximum Gasteiger partial charge on any atom is 0.0731 e. The van der Waals surface area contributed by atoms with Gasteiger partial charge in [0.1, 0.15) is 0 Å². The fourth-order valence-electron chi connectivity index (χ4n) is 1.47. The van der Waals surface area contributed by atoms with Crippen LogP contribution in [0.4, 0.5) is 0 Å². The molecule has 2 rings (SSSR count). The summed E-state index contributed by atoms with van der Waals surface area (Å²) >= 11 is 0. The van der Waals surface area contributed by atoms with Crippen LogP contribution in [0.25, 0.3) is 0 Å². The van der Waals surface area contributed by atoms with Crippen LogP contribution in [0.3, 0.4) is 0 Å². The van der Waals surface area contributed by atoms with Crippen molar-refractivity contribution < 1.29 is 0 Å². The Balaban J connectivity index is 2.36. The quantitative estimate of drug-likeness (QED) is 0.770. The van der Waals surface area contributed by atoms with Gasteiger partial charge in [0.05, 0.1) is 10.9 Å². The van der Waals surface area contributed by atoms with Gasteiger partial charge < -0.3 is 0 Å². The Morgan fingerprint density at radius 2 is 1.59 bits per heavy atom. The molecule has 0 amide bonds. The van der Waals surface area contributed by atoms with E-state index in [9.17, 15) is 0 Å². The predicted molar refractivity (Wildman–Crippen MR) is 74.1 cm³/mol. The first kappa shape index (κ1) is 11.9. The summed E-state index contributed by atoms with van der Waals surface area (Å²) in [6.45, 7) is 2.14. The van der Waals surface area contributed by atoms with E-state index in [-0.39, 0.29) is 0 Å². The van der Waals surface area contributed by atoms with Crippen molar-refractivity contribution in [1.82, 2.24) is 9.97 Å². The molecule has 3 heteroatoms. The lowest BCUT2D eigenvalue weighted by Gasteiger charge is -2.11. The van der Waals surface area contributed by atoms with Gasteiger partial charge in [-0.2, -0.15) is 0 Å². The number of hydrogen-bond donors (Lipinski definition) is 0. The van der Waals surface area contributed by atoms with Crippen LogP contribution in [0, 0.1) is 0 Å². The van der Waals surface area contributed by atoms with Gasteiger partial charge in [-0.25, -0.2) is 0 Å². The van der Waals surface area contributed by atoms with E-state index in [2.05, 4.69) is 40.9 Å². The van der Waals surface area contributed by atoms with E-state index < -0.39 is 7.92 Å². The molecule has 0 saturated heterocycles. The highest BCUT2D eigenvalue weighted by Crippen LogP contribution is 2.33. The second-order valence-electron chi connectivity index (χ2n) is 3.54. The van der Waals surface area contributed by atoms with Crippen LogP contribution in [0.1, 0.15) is 13.3 Å². The van der Waals surface area contributed by atoms with Gasteiger partial charge in [-0.3, -0.25) is 9.97 Å². The molecule has 0 unspecified atom stereocenters. The Morgan fingerprint density at radius 1 is 1.00 bits per heavy atom. The Kier molecular flexibility index (Phi) is 4.40. The Morgan fingerprint density at radius 3 is 2.00 bits per heavy atom. The van der Waals surface area contributed by atoms with Crippen LogP contribution in [-0.2, 0) is 0 Å². The summed E-state index contributed by atoms with van der Waals surface area (Å²) in [4.78, 5) is 8.89. The summed E-state index contributed by atoms with van der Waals surface area (Å²) in [6.07, 6.45) is 6.91. The van der Waals surface area contributed by atoms with Gasteiger partial charge in [0.2, 0.25) is 0 Å². The van der Waals surface area contributed by atoms with Gasteiger partial charge in [-0.1, -0.05) is 30.9 Å². The minimum atomic E-state index is -0.560. The van der Waals surface area contributed by atoms with Gasteiger partial charge >= 0.3 is 0 Å². The molecule has 0 aromatic carbocycles.